The topological polar surface area (TPSA) is 90.3 Å². The third-order valence-corrected chi connectivity index (χ3v) is 4.09. The van der Waals surface area contributed by atoms with Crippen molar-refractivity contribution in [3.8, 4) is 5.75 Å². The van der Waals surface area contributed by atoms with E-state index in [0.717, 1.165) is 0 Å². The fourth-order valence-corrected chi connectivity index (χ4v) is 2.76. The van der Waals surface area contributed by atoms with E-state index in [2.05, 4.69) is 15.9 Å². The molecule has 2 amide bonds. The number of carboxylic acid groups (broad SMARTS) is 2. The van der Waals surface area contributed by atoms with Crippen LogP contribution in [0.3, 0.4) is 0 Å². The summed E-state index contributed by atoms with van der Waals surface area (Å²) in [6.07, 6.45) is -1.92. The third kappa shape index (κ3) is 4.47. The maximum atomic E-state index is 13.6. The van der Waals surface area contributed by atoms with Gasteiger partial charge in [-0.25, -0.2) is 14.0 Å². The van der Waals surface area contributed by atoms with Crippen LogP contribution in [0.4, 0.5) is 14.0 Å². The molecule has 126 valence electrons. The first-order valence-electron chi connectivity index (χ1n) is 6.93. The van der Waals surface area contributed by atoms with Gasteiger partial charge in [-0.3, -0.25) is 0 Å². The minimum atomic E-state index is -1.10. The van der Waals surface area contributed by atoms with Crippen LogP contribution in [-0.2, 0) is 0 Å². The van der Waals surface area contributed by atoms with Crippen LogP contribution in [0.1, 0.15) is 6.42 Å². The van der Waals surface area contributed by atoms with Crippen molar-refractivity contribution in [1.82, 2.24) is 9.80 Å². The van der Waals surface area contributed by atoms with E-state index in [0.29, 0.717) is 4.47 Å². The smallest absolute Gasteiger partial charge is 0.407 e. The molecule has 0 bridgehead atoms. The summed E-state index contributed by atoms with van der Waals surface area (Å²) in [5.41, 5.74) is 0. The number of ether oxygens (including phenoxy) is 1. The summed E-state index contributed by atoms with van der Waals surface area (Å²) in [5, 5.41) is 18.2. The Hall–Kier alpha value is -2.03. The van der Waals surface area contributed by atoms with E-state index in [1.165, 1.54) is 21.9 Å². The molecule has 2 rings (SSSR count). The minimum absolute atomic E-state index is 0.0703. The fraction of sp³-hybridized carbons (Fsp3) is 0.429. The van der Waals surface area contributed by atoms with Gasteiger partial charge in [0.25, 0.3) is 0 Å². The molecular weight excluding hydrogens is 375 g/mol. The Morgan fingerprint density at radius 2 is 2.04 bits per heavy atom. The van der Waals surface area contributed by atoms with Crippen LogP contribution in [0, 0.1) is 5.82 Å². The second-order valence-electron chi connectivity index (χ2n) is 5.07. The van der Waals surface area contributed by atoms with Crippen LogP contribution in [-0.4, -0.2) is 64.5 Å². The highest BCUT2D eigenvalue weighted by Gasteiger charge is 2.32. The number of carbonyl (C=O) groups is 2. The van der Waals surface area contributed by atoms with E-state index in [9.17, 15) is 19.1 Å². The number of piperazine rings is 1. The van der Waals surface area contributed by atoms with Gasteiger partial charge in [0.05, 0.1) is 12.6 Å². The molecule has 1 aromatic rings. The molecule has 0 aromatic heterocycles. The summed E-state index contributed by atoms with van der Waals surface area (Å²) >= 11 is 3.14. The Balaban J connectivity index is 1.95. The number of rotatable bonds is 4. The van der Waals surface area contributed by atoms with Gasteiger partial charge >= 0.3 is 12.2 Å². The van der Waals surface area contributed by atoms with Gasteiger partial charge in [-0.1, -0.05) is 15.9 Å². The predicted octanol–water partition coefficient (Wildman–Crippen LogP) is 2.70. The maximum Gasteiger partial charge on any atom is 0.407 e. The Labute approximate surface area is 140 Å². The fourth-order valence-electron chi connectivity index (χ4n) is 2.43. The molecular formula is C14H16BrFN2O5. The van der Waals surface area contributed by atoms with Crippen LogP contribution in [0.2, 0.25) is 0 Å². The first-order chi connectivity index (χ1) is 10.9. The van der Waals surface area contributed by atoms with E-state index in [4.69, 9.17) is 9.84 Å². The summed E-state index contributed by atoms with van der Waals surface area (Å²) in [5.74, 6) is -0.453. The summed E-state index contributed by atoms with van der Waals surface area (Å²) in [6.45, 7) is 0.410. The van der Waals surface area contributed by atoms with Crippen LogP contribution in [0.5, 0.6) is 5.75 Å². The molecule has 1 aliphatic rings. The zero-order chi connectivity index (χ0) is 17.0. The number of hydrogen-bond acceptors (Lipinski definition) is 3. The lowest BCUT2D eigenvalue weighted by atomic mass is 10.1. The van der Waals surface area contributed by atoms with E-state index in [1.54, 1.807) is 6.07 Å². The Morgan fingerprint density at radius 3 is 2.65 bits per heavy atom. The van der Waals surface area contributed by atoms with Crippen molar-refractivity contribution >= 4 is 28.1 Å². The van der Waals surface area contributed by atoms with Crippen molar-refractivity contribution in [3.05, 3.63) is 28.5 Å². The molecule has 0 spiro atoms. The van der Waals surface area contributed by atoms with Crippen molar-refractivity contribution in [2.75, 3.05) is 26.2 Å². The van der Waals surface area contributed by atoms with Gasteiger partial charge < -0.3 is 24.7 Å². The number of amides is 2. The molecule has 1 aliphatic heterocycles. The molecule has 7 nitrogen and oxygen atoms in total. The lowest BCUT2D eigenvalue weighted by Crippen LogP contribution is -2.56. The zero-order valence-electron chi connectivity index (χ0n) is 12.1. The largest absolute Gasteiger partial charge is 0.490 e. The van der Waals surface area contributed by atoms with Crippen molar-refractivity contribution in [2.24, 2.45) is 0 Å². The standard InChI is InChI=1S/C14H16BrFN2O5/c15-9-1-2-12(11(16)7-9)23-6-3-10-8-17(13(19)20)4-5-18(10)14(21)22/h1-2,7,10H,3-6,8H2,(H,19,20)(H,21,22)/t10-/m1/s1. The Kier molecular flexibility index (Phi) is 5.64. The zero-order valence-corrected chi connectivity index (χ0v) is 13.7. The van der Waals surface area contributed by atoms with E-state index >= 15 is 0 Å². The molecule has 2 N–H and O–H groups in total. The SMILES string of the molecule is O=C(O)N1CCN(C(=O)O)[C@H](CCOc2ccc(Br)cc2F)C1. The summed E-state index contributed by atoms with van der Waals surface area (Å²) in [7, 11) is 0. The first kappa shape index (κ1) is 17.3. The minimum Gasteiger partial charge on any atom is -0.490 e. The van der Waals surface area contributed by atoms with Crippen LogP contribution in [0.25, 0.3) is 0 Å². The van der Waals surface area contributed by atoms with Gasteiger partial charge in [0.1, 0.15) is 0 Å². The monoisotopic (exact) mass is 390 g/mol. The van der Waals surface area contributed by atoms with Crippen molar-refractivity contribution < 1.29 is 28.9 Å². The van der Waals surface area contributed by atoms with Gasteiger partial charge in [-0.2, -0.15) is 0 Å². The van der Waals surface area contributed by atoms with Gasteiger partial charge in [-0.15, -0.1) is 0 Å². The average Bonchev–Trinajstić information content (AvgIpc) is 2.49. The summed E-state index contributed by atoms with van der Waals surface area (Å²) in [4.78, 5) is 24.6. The summed E-state index contributed by atoms with van der Waals surface area (Å²) < 4.78 is 19.6. The second kappa shape index (κ2) is 7.49. The molecule has 1 atom stereocenters. The van der Waals surface area contributed by atoms with E-state index < -0.39 is 24.0 Å². The van der Waals surface area contributed by atoms with Gasteiger partial charge in [0, 0.05) is 30.5 Å². The van der Waals surface area contributed by atoms with Crippen LogP contribution < -0.4 is 4.74 Å². The molecule has 1 aromatic carbocycles. The molecule has 9 heteroatoms. The molecule has 0 aliphatic carbocycles. The average molecular weight is 391 g/mol. The normalized spacial score (nSPS) is 17.9. The molecule has 1 heterocycles. The van der Waals surface area contributed by atoms with E-state index in [-0.39, 0.29) is 38.4 Å². The number of benzene rings is 1. The lowest BCUT2D eigenvalue weighted by Gasteiger charge is -2.38. The third-order valence-electron chi connectivity index (χ3n) is 3.60. The first-order valence-corrected chi connectivity index (χ1v) is 7.73. The number of nitrogens with zero attached hydrogens (tertiary/aromatic N) is 2. The highest BCUT2D eigenvalue weighted by Crippen LogP contribution is 2.22. The van der Waals surface area contributed by atoms with Crippen molar-refractivity contribution in [1.29, 1.82) is 0 Å². The van der Waals surface area contributed by atoms with Crippen molar-refractivity contribution in [3.63, 3.8) is 0 Å². The van der Waals surface area contributed by atoms with Crippen LogP contribution in [0.15, 0.2) is 22.7 Å². The quantitative estimate of drug-likeness (QED) is 0.824. The highest BCUT2D eigenvalue weighted by molar-refractivity contribution is 9.10. The molecule has 1 saturated heterocycles. The molecule has 0 saturated carbocycles. The van der Waals surface area contributed by atoms with E-state index in [1.807, 2.05) is 0 Å². The molecule has 0 unspecified atom stereocenters. The van der Waals surface area contributed by atoms with Crippen LogP contribution >= 0.6 is 15.9 Å². The van der Waals surface area contributed by atoms with Gasteiger partial charge in [-0.05, 0) is 18.2 Å². The molecule has 1 fully saturated rings. The van der Waals surface area contributed by atoms with Crippen molar-refractivity contribution in [2.45, 2.75) is 12.5 Å². The Bertz CT molecular complexity index is 601. The molecule has 0 radical (unpaired) electrons. The number of halogens is 2. The van der Waals surface area contributed by atoms with Gasteiger partial charge in [0.15, 0.2) is 11.6 Å². The molecule has 23 heavy (non-hydrogen) atoms. The maximum absolute atomic E-state index is 13.6. The number of hydrogen-bond donors (Lipinski definition) is 2. The lowest BCUT2D eigenvalue weighted by molar-refractivity contribution is 0.0560. The highest BCUT2D eigenvalue weighted by atomic mass is 79.9. The Morgan fingerprint density at radius 1 is 1.30 bits per heavy atom. The summed E-state index contributed by atoms with van der Waals surface area (Å²) in [6, 6.07) is 3.86. The van der Waals surface area contributed by atoms with Gasteiger partial charge in [0.2, 0.25) is 0 Å². The second-order valence-corrected chi connectivity index (χ2v) is 5.99. The predicted molar refractivity (Wildman–Crippen MR) is 82.3 cm³/mol.